The van der Waals surface area contributed by atoms with Gasteiger partial charge in [0.05, 0.1) is 12.3 Å². The van der Waals surface area contributed by atoms with Crippen molar-refractivity contribution in [3.8, 4) is 0 Å². The van der Waals surface area contributed by atoms with Gasteiger partial charge in [-0.2, -0.15) is 0 Å². The van der Waals surface area contributed by atoms with Crippen molar-refractivity contribution in [2.24, 2.45) is 0 Å². The maximum Gasteiger partial charge on any atom is 0.339 e. The first kappa shape index (κ1) is 10.3. The molecule has 1 fully saturated rings. The summed E-state index contributed by atoms with van der Waals surface area (Å²) in [5, 5.41) is 9.08. The average molecular weight is 232 g/mol. The number of pyridine rings is 1. The molecule has 2 aromatic rings. The Balaban J connectivity index is 2.11. The quantitative estimate of drug-likeness (QED) is 0.853. The van der Waals surface area contributed by atoms with Gasteiger partial charge in [-0.3, -0.25) is 0 Å². The zero-order chi connectivity index (χ0) is 11.8. The minimum absolute atomic E-state index is 0.234. The number of aromatic carboxylic acids is 1. The van der Waals surface area contributed by atoms with Gasteiger partial charge in [0, 0.05) is 24.9 Å². The van der Waals surface area contributed by atoms with Crippen LogP contribution in [0, 0.1) is 0 Å². The highest BCUT2D eigenvalue weighted by molar-refractivity contribution is 5.94. The van der Waals surface area contributed by atoms with Gasteiger partial charge in [0.25, 0.3) is 0 Å². The van der Waals surface area contributed by atoms with Crippen molar-refractivity contribution >= 4 is 11.6 Å². The molecule has 1 N–H and O–H groups in total. The zero-order valence-corrected chi connectivity index (χ0v) is 9.17. The Bertz CT molecular complexity index is 570. The predicted octanol–water partition coefficient (Wildman–Crippen LogP) is 1.54. The summed E-state index contributed by atoms with van der Waals surface area (Å²) in [6.45, 7) is 1.43. The van der Waals surface area contributed by atoms with Gasteiger partial charge in [0.1, 0.15) is 5.56 Å². The molecule has 0 radical (unpaired) electrons. The van der Waals surface area contributed by atoms with Crippen molar-refractivity contribution < 1.29 is 14.6 Å². The third-order valence-electron chi connectivity index (χ3n) is 3.08. The van der Waals surface area contributed by atoms with Crippen LogP contribution in [0.15, 0.2) is 24.5 Å². The van der Waals surface area contributed by atoms with E-state index in [9.17, 15) is 4.79 Å². The maximum absolute atomic E-state index is 11.1. The number of carboxylic acid groups (broad SMARTS) is 1. The minimum Gasteiger partial charge on any atom is -0.478 e. The Morgan fingerprint density at radius 2 is 2.47 bits per heavy atom. The van der Waals surface area contributed by atoms with E-state index in [2.05, 4.69) is 4.98 Å². The van der Waals surface area contributed by atoms with Gasteiger partial charge in [0.2, 0.25) is 0 Å². The van der Waals surface area contributed by atoms with Crippen LogP contribution in [0.5, 0.6) is 0 Å². The van der Waals surface area contributed by atoms with Gasteiger partial charge in [-0.25, -0.2) is 9.78 Å². The number of aromatic nitrogens is 2. The van der Waals surface area contributed by atoms with Gasteiger partial charge in [-0.1, -0.05) is 0 Å². The highest BCUT2D eigenvalue weighted by atomic mass is 16.5. The summed E-state index contributed by atoms with van der Waals surface area (Å²) >= 11 is 0. The Morgan fingerprint density at radius 1 is 1.59 bits per heavy atom. The second-order valence-corrected chi connectivity index (χ2v) is 4.18. The lowest BCUT2D eigenvalue weighted by atomic mass is 10.1. The molecule has 0 aliphatic carbocycles. The Kier molecular flexibility index (Phi) is 2.33. The lowest BCUT2D eigenvalue weighted by molar-refractivity contribution is 0.0698. The van der Waals surface area contributed by atoms with Crippen molar-refractivity contribution in [3.63, 3.8) is 0 Å². The number of nitrogens with zero attached hydrogens (tertiary/aromatic N) is 2. The van der Waals surface area contributed by atoms with Crippen LogP contribution in [0.2, 0.25) is 0 Å². The summed E-state index contributed by atoms with van der Waals surface area (Å²) in [4.78, 5) is 15.5. The fourth-order valence-corrected chi connectivity index (χ4v) is 2.16. The summed E-state index contributed by atoms with van der Waals surface area (Å²) in [5.74, 6) is -0.660. The lowest BCUT2D eigenvalue weighted by Crippen LogP contribution is -2.00. The van der Waals surface area contributed by atoms with Gasteiger partial charge >= 0.3 is 5.97 Å². The first-order valence-corrected chi connectivity index (χ1v) is 5.54. The number of fused-ring (bicyclic) bond motifs is 1. The first-order valence-electron chi connectivity index (χ1n) is 5.54. The maximum atomic E-state index is 11.1. The number of carboxylic acids is 1. The zero-order valence-electron chi connectivity index (χ0n) is 9.17. The van der Waals surface area contributed by atoms with E-state index in [-0.39, 0.29) is 11.5 Å². The molecular formula is C12H12N2O3. The molecule has 2 aromatic heterocycles. The van der Waals surface area contributed by atoms with Crippen LogP contribution < -0.4 is 0 Å². The van der Waals surface area contributed by atoms with E-state index in [4.69, 9.17) is 9.84 Å². The third kappa shape index (κ3) is 1.68. The number of carbonyl (C=O) groups is 1. The number of rotatable bonds is 2. The average Bonchev–Trinajstić information content (AvgIpc) is 2.96. The number of hydrogen-bond acceptors (Lipinski definition) is 3. The van der Waals surface area contributed by atoms with Gasteiger partial charge < -0.3 is 14.2 Å². The van der Waals surface area contributed by atoms with E-state index in [1.807, 2.05) is 12.4 Å². The molecule has 1 atom stereocenters. The molecule has 0 bridgehead atoms. The molecule has 0 spiro atoms. The highest BCUT2D eigenvalue weighted by Crippen LogP contribution is 2.25. The minimum atomic E-state index is -0.949. The van der Waals surface area contributed by atoms with Gasteiger partial charge in [0.15, 0.2) is 5.65 Å². The van der Waals surface area contributed by atoms with E-state index < -0.39 is 5.97 Å². The van der Waals surface area contributed by atoms with E-state index in [1.54, 1.807) is 16.5 Å². The molecule has 17 heavy (non-hydrogen) atoms. The van der Waals surface area contributed by atoms with Crippen molar-refractivity contribution in [1.82, 2.24) is 9.38 Å². The molecule has 3 rings (SSSR count). The summed E-state index contributed by atoms with van der Waals surface area (Å²) in [6, 6.07) is 3.28. The van der Waals surface area contributed by atoms with Crippen molar-refractivity contribution in [2.75, 3.05) is 13.2 Å². The normalized spacial score (nSPS) is 19.9. The van der Waals surface area contributed by atoms with Crippen LogP contribution in [0.3, 0.4) is 0 Å². The molecule has 3 heterocycles. The second-order valence-electron chi connectivity index (χ2n) is 4.18. The van der Waals surface area contributed by atoms with Crippen molar-refractivity contribution in [3.05, 3.63) is 35.8 Å². The van der Waals surface area contributed by atoms with Crippen LogP contribution in [-0.4, -0.2) is 33.7 Å². The van der Waals surface area contributed by atoms with E-state index in [1.165, 1.54) is 0 Å². The predicted molar refractivity (Wildman–Crippen MR) is 60.3 cm³/mol. The van der Waals surface area contributed by atoms with Crippen LogP contribution >= 0.6 is 0 Å². The first-order chi connectivity index (χ1) is 8.25. The summed E-state index contributed by atoms with van der Waals surface area (Å²) in [5.41, 5.74) is 1.65. The van der Waals surface area contributed by atoms with E-state index in [0.717, 1.165) is 18.7 Å². The molecule has 1 unspecified atom stereocenters. The van der Waals surface area contributed by atoms with Crippen LogP contribution in [-0.2, 0) is 4.74 Å². The molecular weight excluding hydrogens is 220 g/mol. The summed E-state index contributed by atoms with van der Waals surface area (Å²) in [6.07, 6.45) is 4.65. The Hall–Kier alpha value is -1.88. The van der Waals surface area contributed by atoms with Crippen molar-refractivity contribution in [2.45, 2.75) is 12.3 Å². The topological polar surface area (TPSA) is 63.8 Å². The SMILES string of the molecule is O=C(O)c1cccn2cc(C3CCOC3)nc12. The molecule has 1 saturated heterocycles. The number of imidazole rings is 1. The monoisotopic (exact) mass is 232 g/mol. The molecule has 0 amide bonds. The Labute approximate surface area is 97.7 Å². The molecule has 0 aromatic carbocycles. The van der Waals surface area contributed by atoms with Gasteiger partial charge in [-0.05, 0) is 18.6 Å². The molecule has 1 aliphatic heterocycles. The summed E-state index contributed by atoms with van der Waals surface area (Å²) < 4.78 is 7.08. The van der Waals surface area contributed by atoms with Crippen molar-refractivity contribution in [1.29, 1.82) is 0 Å². The smallest absolute Gasteiger partial charge is 0.339 e. The third-order valence-corrected chi connectivity index (χ3v) is 3.08. The van der Waals surface area contributed by atoms with Crippen LogP contribution in [0.25, 0.3) is 5.65 Å². The fraction of sp³-hybridized carbons (Fsp3) is 0.333. The molecule has 0 saturated carbocycles. The Morgan fingerprint density at radius 3 is 3.18 bits per heavy atom. The van der Waals surface area contributed by atoms with Crippen LogP contribution in [0.1, 0.15) is 28.4 Å². The highest BCUT2D eigenvalue weighted by Gasteiger charge is 2.21. The molecule has 5 nitrogen and oxygen atoms in total. The summed E-state index contributed by atoms with van der Waals surface area (Å²) in [7, 11) is 0. The standard InChI is InChI=1S/C12H12N2O3/c15-12(16)9-2-1-4-14-6-10(13-11(9)14)8-3-5-17-7-8/h1-2,4,6,8H,3,5,7H2,(H,15,16). The largest absolute Gasteiger partial charge is 0.478 e. The number of hydrogen-bond donors (Lipinski definition) is 1. The van der Waals surface area contributed by atoms with Gasteiger partial charge in [-0.15, -0.1) is 0 Å². The lowest BCUT2D eigenvalue weighted by Gasteiger charge is -2.00. The second kappa shape index (κ2) is 3.85. The molecule has 88 valence electrons. The molecule has 1 aliphatic rings. The van der Waals surface area contributed by atoms with E-state index >= 15 is 0 Å². The molecule has 5 heteroatoms. The fourth-order valence-electron chi connectivity index (χ4n) is 2.16. The van der Waals surface area contributed by atoms with Crippen LogP contribution in [0.4, 0.5) is 0 Å². The van der Waals surface area contributed by atoms with E-state index in [0.29, 0.717) is 12.3 Å². The number of ether oxygens (including phenoxy) is 1.